The molecule has 0 saturated carbocycles. The lowest BCUT2D eigenvalue weighted by molar-refractivity contribution is -0.120. The number of anilines is 2. The van der Waals surface area contributed by atoms with E-state index in [1.807, 2.05) is 18.7 Å². The van der Waals surface area contributed by atoms with E-state index in [9.17, 15) is 4.79 Å². The van der Waals surface area contributed by atoms with Crippen molar-refractivity contribution in [3.63, 3.8) is 0 Å². The first-order valence-electron chi connectivity index (χ1n) is 6.32. The van der Waals surface area contributed by atoms with Crippen LogP contribution < -0.4 is 10.2 Å². The molecule has 98 valence electrons. The van der Waals surface area contributed by atoms with Gasteiger partial charge in [-0.1, -0.05) is 0 Å². The number of ether oxygens (including phenoxy) is 1. The summed E-state index contributed by atoms with van der Waals surface area (Å²) in [6.45, 7) is 5.97. The molecule has 0 aromatic carbocycles. The number of hydrogen-bond acceptors (Lipinski definition) is 4. The van der Waals surface area contributed by atoms with Gasteiger partial charge >= 0.3 is 0 Å². The summed E-state index contributed by atoms with van der Waals surface area (Å²) in [5.74, 6) is 0.948. The number of likely N-dealkylation sites (N-methyl/N-ethyl adjacent to an activating group) is 1. The summed E-state index contributed by atoms with van der Waals surface area (Å²) >= 11 is 0. The number of nitrogens with zero attached hydrogens (tertiary/aromatic N) is 3. The molecule has 1 fully saturated rings. The minimum atomic E-state index is -0.0863. The van der Waals surface area contributed by atoms with E-state index in [0.717, 1.165) is 23.7 Å². The first kappa shape index (κ1) is 11.5. The molecule has 6 heteroatoms. The molecular formula is C12H18N4O2. The van der Waals surface area contributed by atoms with E-state index in [1.165, 1.54) is 0 Å². The van der Waals surface area contributed by atoms with Crippen LogP contribution in [0.4, 0.5) is 11.5 Å². The van der Waals surface area contributed by atoms with E-state index >= 15 is 0 Å². The lowest BCUT2D eigenvalue weighted by Gasteiger charge is -2.29. The van der Waals surface area contributed by atoms with Gasteiger partial charge in [0.05, 0.1) is 30.9 Å². The summed E-state index contributed by atoms with van der Waals surface area (Å²) in [5, 5.41) is 7.40. The van der Waals surface area contributed by atoms with Crippen molar-refractivity contribution in [2.24, 2.45) is 13.0 Å². The highest BCUT2D eigenvalue weighted by atomic mass is 16.5. The van der Waals surface area contributed by atoms with Crippen LogP contribution in [-0.4, -0.2) is 41.5 Å². The van der Waals surface area contributed by atoms with E-state index in [2.05, 4.69) is 22.2 Å². The fourth-order valence-electron chi connectivity index (χ4n) is 2.98. The monoisotopic (exact) mass is 250 g/mol. The predicted molar refractivity (Wildman–Crippen MR) is 67.7 cm³/mol. The van der Waals surface area contributed by atoms with E-state index in [1.54, 1.807) is 0 Å². The molecule has 0 aliphatic carbocycles. The van der Waals surface area contributed by atoms with Gasteiger partial charge in [0.25, 0.3) is 0 Å². The summed E-state index contributed by atoms with van der Waals surface area (Å²) < 4.78 is 7.32. The molecule has 2 aliphatic heterocycles. The first-order valence-corrected chi connectivity index (χ1v) is 6.32. The van der Waals surface area contributed by atoms with Gasteiger partial charge in [-0.3, -0.25) is 9.48 Å². The molecule has 2 unspecified atom stereocenters. The zero-order valence-electron chi connectivity index (χ0n) is 10.9. The van der Waals surface area contributed by atoms with Crippen LogP contribution in [0.5, 0.6) is 0 Å². The minimum Gasteiger partial charge on any atom is -0.378 e. The zero-order valence-corrected chi connectivity index (χ0v) is 10.9. The van der Waals surface area contributed by atoms with Crippen molar-refractivity contribution in [1.82, 2.24) is 9.78 Å². The molecule has 3 rings (SSSR count). The van der Waals surface area contributed by atoms with Crippen LogP contribution in [0.2, 0.25) is 0 Å². The van der Waals surface area contributed by atoms with E-state index < -0.39 is 0 Å². The first-order chi connectivity index (χ1) is 8.63. The van der Waals surface area contributed by atoms with Gasteiger partial charge in [0.1, 0.15) is 5.69 Å². The Morgan fingerprint density at radius 2 is 2.28 bits per heavy atom. The highest BCUT2D eigenvalue weighted by Gasteiger charge is 2.42. The number of nitrogens with one attached hydrogen (secondary N) is 1. The van der Waals surface area contributed by atoms with E-state index in [-0.39, 0.29) is 17.9 Å². The maximum Gasteiger partial charge on any atom is 0.232 e. The molecule has 1 aromatic rings. The van der Waals surface area contributed by atoms with Crippen molar-refractivity contribution in [2.45, 2.75) is 19.9 Å². The van der Waals surface area contributed by atoms with Crippen molar-refractivity contribution in [2.75, 3.05) is 30.0 Å². The van der Waals surface area contributed by atoms with Crippen LogP contribution in [0.3, 0.4) is 0 Å². The smallest absolute Gasteiger partial charge is 0.232 e. The standard InChI is InChI=1S/C12H18N4O2/c1-4-16-9-6-18-5-8(9)11(17)13-10-7(2)14-15(3)12(10)16/h8-9H,4-6H2,1-3H3,(H,13,17). The second-order valence-corrected chi connectivity index (χ2v) is 4.89. The van der Waals surface area contributed by atoms with Gasteiger partial charge in [-0.05, 0) is 13.8 Å². The normalized spacial score (nSPS) is 26.6. The van der Waals surface area contributed by atoms with Gasteiger partial charge < -0.3 is 15.0 Å². The summed E-state index contributed by atoms with van der Waals surface area (Å²) in [6.07, 6.45) is 0. The van der Waals surface area contributed by atoms with Crippen LogP contribution >= 0.6 is 0 Å². The summed E-state index contributed by atoms with van der Waals surface area (Å²) in [6, 6.07) is 0.117. The molecule has 1 saturated heterocycles. The Morgan fingerprint density at radius 3 is 3.00 bits per heavy atom. The third-order valence-electron chi connectivity index (χ3n) is 3.84. The Labute approximate surface area is 106 Å². The number of carbonyl (C=O) groups excluding carboxylic acids is 1. The van der Waals surface area contributed by atoms with Gasteiger partial charge in [0.15, 0.2) is 5.82 Å². The highest BCUT2D eigenvalue weighted by molar-refractivity contribution is 5.98. The van der Waals surface area contributed by atoms with Crippen LogP contribution in [0.15, 0.2) is 0 Å². The number of amides is 1. The van der Waals surface area contributed by atoms with Crippen molar-refractivity contribution in [3.8, 4) is 0 Å². The maximum absolute atomic E-state index is 12.2. The number of carbonyl (C=O) groups is 1. The van der Waals surface area contributed by atoms with E-state index in [0.29, 0.717) is 13.2 Å². The van der Waals surface area contributed by atoms with Crippen LogP contribution in [0, 0.1) is 12.8 Å². The van der Waals surface area contributed by atoms with Crippen molar-refractivity contribution in [1.29, 1.82) is 0 Å². The summed E-state index contributed by atoms with van der Waals surface area (Å²) in [7, 11) is 1.91. The molecule has 2 aliphatic rings. The van der Waals surface area contributed by atoms with Gasteiger partial charge in [-0.25, -0.2) is 0 Å². The largest absolute Gasteiger partial charge is 0.378 e. The lowest BCUT2D eigenvalue weighted by Crippen LogP contribution is -2.43. The Bertz CT molecular complexity index is 497. The number of aryl methyl sites for hydroxylation is 2. The molecule has 2 atom stereocenters. The van der Waals surface area contributed by atoms with Crippen LogP contribution in [-0.2, 0) is 16.6 Å². The summed E-state index contributed by atoms with van der Waals surface area (Å²) in [5.41, 5.74) is 1.71. The van der Waals surface area contributed by atoms with Crippen molar-refractivity contribution >= 4 is 17.4 Å². The molecule has 0 radical (unpaired) electrons. The Balaban J connectivity index is 2.14. The molecule has 0 spiro atoms. The summed E-state index contributed by atoms with van der Waals surface area (Å²) in [4.78, 5) is 14.5. The topological polar surface area (TPSA) is 59.4 Å². The van der Waals surface area contributed by atoms with Crippen LogP contribution in [0.25, 0.3) is 0 Å². The molecular weight excluding hydrogens is 232 g/mol. The average molecular weight is 250 g/mol. The quantitative estimate of drug-likeness (QED) is 0.789. The lowest BCUT2D eigenvalue weighted by atomic mass is 10.0. The van der Waals surface area contributed by atoms with Gasteiger partial charge in [0.2, 0.25) is 5.91 Å². The number of hydrogen-bond donors (Lipinski definition) is 1. The van der Waals surface area contributed by atoms with Gasteiger partial charge in [0, 0.05) is 13.6 Å². The van der Waals surface area contributed by atoms with E-state index in [4.69, 9.17) is 4.74 Å². The average Bonchev–Trinajstić information content (AvgIpc) is 2.87. The Morgan fingerprint density at radius 1 is 1.50 bits per heavy atom. The molecule has 18 heavy (non-hydrogen) atoms. The number of rotatable bonds is 1. The SMILES string of the molecule is CCN1c2c(c(C)nn2C)NC(=O)C2COCC21. The Kier molecular flexibility index (Phi) is 2.55. The second kappa shape index (κ2) is 3.98. The van der Waals surface area contributed by atoms with Gasteiger partial charge in [-0.15, -0.1) is 0 Å². The predicted octanol–water partition coefficient (Wildman–Crippen LogP) is 0.522. The van der Waals surface area contributed by atoms with Crippen LogP contribution in [0.1, 0.15) is 12.6 Å². The third kappa shape index (κ3) is 1.45. The van der Waals surface area contributed by atoms with Crippen molar-refractivity contribution in [3.05, 3.63) is 5.69 Å². The molecule has 1 N–H and O–H groups in total. The number of aromatic nitrogens is 2. The highest BCUT2D eigenvalue weighted by Crippen LogP contribution is 2.36. The molecule has 1 amide bonds. The molecule has 3 heterocycles. The van der Waals surface area contributed by atoms with Crippen molar-refractivity contribution < 1.29 is 9.53 Å². The Hall–Kier alpha value is -1.56. The molecule has 6 nitrogen and oxygen atoms in total. The van der Waals surface area contributed by atoms with Gasteiger partial charge in [-0.2, -0.15) is 5.10 Å². The molecule has 1 aromatic heterocycles. The molecule has 0 bridgehead atoms. The third-order valence-corrected chi connectivity index (χ3v) is 3.84. The fourth-order valence-corrected chi connectivity index (χ4v) is 2.98. The number of fused-ring (bicyclic) bond motifs is 2. The maximum atomic E-state index is 12.2. The minimum absolute atomic E-state index is 0.0470. The fraction of sp³-hybridized carbons (Fsp3) is 0.667. The second-order valence-electron chi connectivity index (χ2n) is 4.89. The zero-order chi connectivity index (χ0) is 12.9.